The van der Waals surface area contributed by atoms with Crippen molar-refractivity contribution < 1.29 is 0 Å². The molecule has 0 aliphatic carbocycles. The lowest BCUT2D eigenvalue weighted by atomic mass is 9.86. The zero-order valence-electron chi connectivity index (χ0n) is 12.2. The van der Waals surface area contributed by atoms with Crippen LogP contribution in [0.1, 0.15) is 43.6 Å². The second kappa shape index (κ2) is 5.17. The molecule has 0 aliphatic heterocycles. The summed E-state index contributed by atoms with van der Waals surface area (Å²) in [6.45, 7) is 6.68. The van der Waals surface area contributed by atoms with Gasteiger partial charge in [0.1, 0.15) is 0 Å². The van der Waals surface area contributed by atoms with E-state index in [9.17, 15) is 0 Å². The molecule has 1 heterocycles. The number of hydrogen-bond acceptors (Lipinski definition) is 2. The summed E-state index contributed by atoms with van der Waals surface area (Å²) in [5.74, 6) is 0. The molecule has 2 aromatic rings. The van der Waals surface area contributed by atoms with Gasteiger partial charge < -0.3 is 5.73 Å². The third kappa shape index (κ3) is 3.24. The van der Waals surface area contributed by atoms with Crippen LogP contribution >= 0.6 is 0 Å². The molecule has 0 aliphatic rings. The molecule has 1 atom stereocenters. The smallest absolute Gasteiger partial charge is 0.0551 e. The number of hydrogen-bond donors (Lipinski definition) is 1. The van der Waals surface area contributed by atoms with E-state index in [2.05, 4.69) is 50.1 Å². The lowest BCUT2D eigenvalue weighted by molar-refractivity contribution is 0.588. The van der Waals surface area contributed by atoms with Crippen molar-refractivity contribution >= 4 is 0 Å². The lowest BCUT2D eigenvalue weighted by Crippen LogP contribution is -2.17. The van der Waals surface area contributed by atoms with Gasteiger partial charge in [0.05, 0.1) is 11.7 Å². The monoisotopic (exact) mass is 257 g/mol. The Morgan fingerprint density at radius 3 is 2.26 bits per heavy atom. The molecule has 0 saturated heterocycles. The summed E-state index contributed by atoms with van der Waals surface area (Å²) in [6, 6.07) is 10.7. The number of nitrogens with zero attached hydrogens (tertiary/aromatic N) is 2. The van der Waals surface area contributed by atoms with Crippen molar-refractivity contribution in [2.45, 2.75) is 38.6 Å². The fraction of sp³-hybridized carbons (Fsp3) is 0.438. The van der Waals surface area contributed by atoms with E-state index >= 15 is 0 Å². The van der Waals surface area contributed by atoms with Crippen molar-refractivity contribution in [2.75, 3.05) is 0 Å². The molecule has 1 aromatic carbocycles. The van der Waals surface area contributed by atoms with E-state index in [4.69, 9.17) is 5.73 Å². The molecule has 0 amide bonds. The van der Waals surface area contributed by atoms with E-state index in [1.807, 2.05) is 17.8 Å². The van der Waals surface area contributed by atoms with E-state index < -0.39 is 0 Å². The van der Waals surface area contributed by atoms with Gasteiger partial charge in [-0.3, -0.25) is 4.68 Å². The van der Waals surface area contributed by atoms with Crippen LogP contribution in [0, 0.1) is 0 Å². The fourth-order valence-electron chi connectivity index (χ4n) is 2.25. The molecule has 2 rings (SSSR count). The summed E-state index contributed by atoms with van der Waals surface area (Å²) in [7, 11) is 1.93. The van der Waals surface area contributed by atoms with Crippen LogP contribution in [0.25, 0.3) is 0 Å². The molecule has 3 heteroatoms. The van der Waals surface area contributed by atoms with E-state index in [0.29, 0.717) is 0 Å². The van der Waals surface area contributed by atoms with E-state index in [-0.39, 0.29) is 11.5 Å². The maximum atomic E-state index is 6.24. The van der Waals surface area contributed by atoms with Crippen molar-refractivity contribution in [1.82, 2.24) is 9.78 Å². The molecule has 1 unspecified atom stereocenters. The van der Waals surface area contributed by atoms with Crippen molar-refractivity contribution in [2.24, 2.45) is 12.8 Å². The summed E-state index contributed by atoms with van der Waals surface area (Å²) < 4.78 is 1.84. The normalized spacial score (nSPS) is 13.5. The van der Waals surface area contributed by atoms with Crippen LogP contribution in [0.4, 0.5) is 0 Å². The standard InChI is InChI=1S/C16H23N3/c1-16(2,3)13-7-5-12(6-8-13)11-14(17)15-9-10-18-19(15)4/h5-10,14H,11,17H2,1-4H3. The Morgan fingerprint density at radius 1 is 1.16 bits per heavy atom. The first-order valence-corrected chi connectivity index (χ1v) is 6.71. The maximum absolute atomic E-state index is 6.24. The van der Waals surface area contributed by atoms with Crippen LogP contribution in [-0.2, 0) is 18.9 Å². The minimum absolute atomic E-state index is 0.00649. The average Bonchev–Trinajstić information content (AvgIpc) is 2.75. The third-order valence-corrected chi connectivity index (χ3v) is 3.51. The first-order valence-electron chi connectivity index (χ1n) is 6.71. The van der Waals surface area contributed by atoms with Gasteiger partial charge in [-0.25, -0.2) is 0 Å². The van der Waals surface area contributed by atoms with Gasteiger partial charge in [0.2, 0.25) is 0 Å². The van der Waals surface area contributed by atoms with Gasteiger partial charge in [-0.05, 0) is 29.0 Å². The first kappa shape index (κ1) is 13.8. The lowest BCUT2D eigenvalue weighted by Gasteiger charge is -2.19. The molecule has 0 spiro atoms. The summed E-state index contributed by atoms with van der Waals surface area (Å²) in [4.78, 5) is 0. The summed E-state index contributed by atoms with van der Waals surface area (Å²) >= 11 is 0. The molecular weight excluding hydrogens is 234 g/mol. The molecule has 0 bridgehead atoms. The molecule has 0 fully saturated rings. The predicted octanol–water partition coefficient (Wildman–Crippen LogP) is 2.96. The molecule has 102 valence electrons. The van der Waals surface area contributed by atoms with Crippen molar-refractivity contribution in [3.63, 3.8) is 0 Å². The van der Waals surface area contributed by atoms with Crippen LogP contribution in [-0.4, -0.2) is 9.78 Å². The van der Waals surface area contributed by atoms with Crippen LogP contribution in [0.2, 0.25) is 0 Å². The van der Waals surface area contributed by atoms with Gasteiger partial charge in [-0.1, -0.05) is 45.0 Å². The quantitative estimate of drug-likeness (QED) is 0.918. The fourth-order valence-corrected chi connectivity index (χ4v) is 2.25. The zero-order chi connectivity index (χ0) is 14.0. The topological polar surface area (TPSA) is 43.8 Å². The Balaban J connectivity index is 2.10. The largest absolute Gasteiger partial charge is 0.322 e. The highest BCUT2D eigenvalue weighted by Crippen LogP contribution is 2.23. The molecule has 2 N–H and O–H groups in total. The molecule has 1 aromatic heterocycles. The van der Waals surface area contributed by atoms with Gasteiger partial charge in [0.25, 0.3) is 0 Å². The maximum Gasteiger partial charge on any atom is 0.0551 e. The summed E-state index contributed by atoms with van der Waals surface area (Å²) in [5, 5.41) is 4.16. The number of benzene rings is 1. The van der Waals surface area contributed by atoms with Crippen LogP contribution in [0.5, 0.6) is 0 Å². The molecular formula is C16H23N3. The SMILES string of the molecule is Cn1nccc1C(N)Cc1ccc(C(C)(C)C)cc1. The number of nitrogens with two attached hydrogens (primary N) is 1. The second-order valence-electron chi connectivity index (χ2n) is 6.14. The zero-order valence-corrected chi connectivity index (χ0v) is 12.2. The summed E-state index contributed by atoms with van der Waals surface area (Å²) in [5.41, 5.74) is 10.1. The Kier molecular flexibility index (Phi) is 3.76. The second-order valence-corrected chi connectivity index (χ2v) is 6.14. The molecule has 19 heavy (non-hydrogen) atoms. The van der Waals surface area contributed by atoms with E-state index in [1.165, 1.54) is 11.1 Å². The predicted molar refractivity (Wildman–Crippen MR) is 79.0 cm³/mol. The van der Waals surface area contributed by atoms with Crippen molar-refractivity contribution in [3.05, 3.63) is 53.3 Å². The van der Waals surface area contributed by atoms with Crippen molar-refractivity contribution in [1.29, 1.82) is 0 Å². The summed E-state index contributed by atoms with van der Waals surface area (Å²) in [6.07, 6.45) is 2.63. The first-order chi connectivity index (χ1) is 8.88. The minimum Gasteiger partial charge on any atom is -0.322 e. The third-order valence-electron chi connectivity index (χ3n) is 3.51. The van der Waals surface area contributed by atoms with Gasteiger partial charge >= 0.3 is 0 Å². The van der Waals surface area contributed by atoms with Gasteiger partial charge in [-0.15, -0.1) is 0 Å². The van der Waals surface area contributed by atoms with Gasteiger partial charge in [0, 0.05) is 13.2 Å². The van der Waals surface area contributed by atoms with E-state index in [1.54, 1.807) is 6.20 Å². The Bertz CT molecular complexity index is 532. The highest BCUT2D eigenvalue weighted by atomic mass is 15.3. The molecule has 3 nitrogen and oxygen atoms in total. The number of rotatable bonds is 3. The number of aryl methyl sites for hydroxylation is 1. The van der Waals surface area contributed by atoms with E-state index in [0.717, 1.165) is 12.1 Å². The Hall–Kier alpha value is -1.61. The van der Waals surface area contributed by atoms with Gasteiger partial charge in [0.15, 0.2) is 0 Å². The molecule has 0 radical (unpaired) electrons. The Labute approximate surface area is 115 Å². The Morgan fingerprint density at radius 2 is 1.79 bits per heavy atom. The highest BCUT2D eigenvalue weighted by molar-refractivity contribution is 5.28. The van der Waals surface area contributed by atoms with Crippen LogP contribution < -0.4 is 5.73 Å². The minimum atomic E-state index is -0.00649. The number of aromatic nitrogens is 2. The van der Waals surface area contributed by atoms with Gasteiger partial charge in [-0.2, -0.15) is 5.10 Å². The average molecular weight is 257 g/mol. The van der Waals surface area contributed by atoms with Crippen LogP contribution in [0.3, 0.4) is 0 Å². The van der Waals surface area contributed by atoms with Crippen LogP contribution in [0.15, 0.2) is 36.5 Å². The highest BCUT2D eigenvalue weighted by Gasteiger charge is 2.14. The van der Waals surface area contributed by atoms with Crippen molar-refractivity contribution in [3.8, 4) is 0 Å². The molecule has 0 saturated carbocycles.